The van der Waals surface area contributed by atoms with Crippen molar-refractivity contribution in [1.29, 1.82) is 0 Å². The first kappa shape index (κ1) is 23.0. The van der Waals surface area contributed by atoms with Crippen molar-refractivity contribution in [1.82, 2.24) is 4.98 Å². The molecule has 3 aromatic rings. The van der Waals surface area contributed by atoms with Gasteiger partial charge in [0.25, 0.3) is 0 Å². The largest absolute Gasteiger partial charge is 0.478 e. The molecule has 0 bridgehead atoms. The first-order valence-corrected chi connectivity index (χ1v) is 12.5. The van der Waals surface area contributed by atoms with Crippen LogP contribution in [-0.4, -0.2) is 16.1 Å². The number of hydrogen-bond donors (Lipinski definition) is 1. The van der Waals surface area contributed by atoms with E-state index in [0.717, 1.165) is 29.0 Å². The van der Waals surface area contributed by atoms with Crippen LogP contribution in [0.15, 0.2) is 54.2 Å². The van der Waals surface area contributed by atoms with Gasteiger partial charge in [-0.1, -0.05) is 68.0 Å². The number of carboxylic acids is 1. The van der Waals surface area contributed by atoms with Crippen LogP contribution in [0.5, 0.6) is 0 Å². The van der Waals surface area contributed by atoms with Gasteiger partial charge < -0.3 is 9.84 Å². The summed E-state index contributed by atoms with van der Waals surface area (Å²) in [5.41, 5.74) is 4.97. The van der Waals surface area contributed by atoms with Crippen LogP contribution in [0.3, 0.4) is 0 Å². The number of rotatable bonds is 9. The molecule has 1 N–H and O–H groups in total. The molecule has 1 aliphatic rings. The first-order valence-electron chi connectivity index (χ1n) is 11.2. The SMILES string of the molecule is O=C(O)c1ccc(-c2ccc(COC(CCC3CCCCC3)c3cncs3)c(Cl)c2)cc1. The van der Waals surface area contributed by atoms with Gasteiger partial charge in [0.05, 0.1) is 28.7 Å². The summed E-state index contributed by atoms with van der Waals surface area (Å²) in [6, 6.07) is 12.7. The van der Waals surface area contributed by atoms with E-state index in [0.29, 0.717) is 11.6 Å². The third-order valence-electron chi connectivity index (χ3n) is 6.29. The molecule has 1 fully saturated rings. The molecule has 4 nitrogen and oxygen atoms in total. The normalized spacial score (nSPS) is 15.5. The van der Waals surface area contributed by atoms with E-state index in [-0.39, 0.29) is 11.7 Å². The number of hydrogen-bond acceptors (Lipinski definition) is 4. The molecule has 0 spiro atoms. The van der Waals surface area contributed by atoms with Crippen molar-refractivity contribution in [3.8, 4) is 11.1 Å². The quantitative estimate of drug-likeness (QED) is 0.347. The number of aromatic nitrogens is 1. The number of ether oxygens (including phenoxy) is 1. The Bertz CT molecular complexity index is 1010. The van der Waals surface area contributed by atoms with Gasteiger partial charge in [-0.2, -0.15) is 0 Å². The average molecular weight is 470 g/mol. The first-order chi connectivity index (χ1) is 15.6. The Hall–Kier alpha value is -2.21. The van der Waals surface area contributed by atoms with Crippen LogP contribution in [0.1, 0.15) is 71.8 Å². The molecule has 1 unspecified atom stereocenters. The van der Waals surface area contributed by atoms with Gasteiger partial charge >= 0.3 is 5.97 Å². The zero-order valence-corrected chi connectivity index (χ0v) is 19.6. The predicted octanol–water partition coefficient (Wildman–Crippen LogP) is 7.78. The average Bonchev–Trinajstić information content (AvgIpc) is 3.35. The summed E-state index contributed by atoms with van der Waals surface area (Å²) < 4.78 is 6.35. The molecule has 1 aliphatic carbocycles. The molecule has 4 rings (SSSR count). The van der Waals surface area contributed by atoms with E-state index in [1.165, 1.54) is 43.4 Å². The van der Waals surface area contributed by atoms with Crippen LogP contribution in [0.2, 0.25) is 5.02 Å². The molecule has 32 heavy (non-hydrogen) atoms. The highest BCUT2D eigenvalue weighted by atomic mass is 35.5. The van der Waals surface area contributed by atoms with Gasteiger partial charge in [0.15, 0.2) is 0 Å². The van der Waals surface area contributed by atoms with Crippen molar-refractivity contribution in [3.63, 3.8) is 0 Å². The Kier molecular flexibility index (Phi) is 7.95. The third kappa shape index (κ3) is 5.97. The van der Waals surface area contributed by atoms with Gasteiger partial charge in [-0.25, -0.2) is 4.79 Å². The fraction of sp³-hybridized carbons (Fsp3) is 0.385. The van der Waals surface area contributed by atoms with Gasteiger partial charge in [0, 0.05) is 11.2 Å². The molecule has 1 aromatic heterocycles. The second-order valence-electron chi connectivity index (χ2n) is 8.47. The molecule has 1 atom stereocenters. The molecule has 0 radical (unpaired) electrons. The molecule has 168 valence electrons. The van der Waals surface area contributed by atoms with Crippen LogP contribution < -0.4 is 0 Å². The predicted molar refractivity (Wildman–Crippen MR) is 129 cm³/mol. The van der Waals surface area contributed by atoms with E-state index in [9.17, 15) is 4.79 Å². The van der Waals surface area contributed by atoms with Crippen LogP contribution in [-0.2, 0) is 11.3 Å². The molecule has 1 heterocycles. The van der Waals surface area contributed by atoms with Crippen LogP contribution in [0.4, 0.5) is 0 Å². The minimum atomic E-state index is -0.930. The van der Waals surface area contributed by atoms with E-state index < -0.39 is 5.97 Å². The number of nitrogens with zero attached hydrogens (tertiary/aromatic N) is 1. The van der Waals surface area contributed by atoms with E-state index >= 15 is 0 Å². The minimum absolute atomic E-state index is 0.0451. The highest BCUT2D eigenvalue weighted by Gasteiger charge is 2.19. The third-order valence-corrected chi connectivity index (χ3v) is 7.51. The highest BCUT2D eigenvalue weighted by Crippen LogP contribution is 2.34. The fourth-order valence-electron chi connectivity index (χ4n) is 4.39. The number of benzene rings is 2. The van der Waals surface area contributed by atoms with E-state index in [1.807, 2.05) is 29.9 Å². The second kappa shape index (κ2) is 11.1. The molecule has 0 saturated heterocycles. The highest BCUT2D eigenvalue weighted by molar-refractivity contribution is 7.09. The summed E-state index contributed by atoms with van der Waals surface area (Å²) >= 11 is 8.23. The summed E-state index contributed by atoms with van der Waals surface area (Å²) in [5.74, 6) is -0.112. The van der Waals surface area contributed by atoms with Gasteiger partial charge in [-0.3, -0.25) is 4.98 Å². The molecule has 2 aromatic carbocycles. The zero-order chi connectivity index (χ0) is 22.3. The number of carbonyl (C=O) groups is 1. The summed E-state index contributed by atoms with van der Waals surface area (Å²) in [7, 11) is 0. The smallest absolute Gasteiger partial charge is 0.335 e. The standard InChI is InChI=1S/C26H28ClNO3S/c27-23-14-21(19-7-9-20(10-8-19)26(29)30)11-12-22(23)16-31-24(25-15-28-17-32-25)13-6-18-4-2-1-3-5-18/h7-12,14-15,17-18,24H,1-6,13,16H2,(H,29,30). The number of carboxylic acid groups (broad SMARTS) is 1. The monoisotopic (exact) mass is 469 g/mol. The van der Waals surface area contributed by atoms with Crippen LogP contribution in [0, 0.1) is 5.92 Å². The van der Waals surface area contributed by atoms with Crippen molar-refractivity contribution in [3.05, 3.63) is 75.2 Å². The lowest BCUT2D eigenvalue weighted by Gasteiger charge is -2.24. The summed E-state index contributed by atoms with van der Waals surface area (Å²) in [6.45, 7) is 0.449. The Labute approximate surface area is 198 Å². The molecule has 0 amide bonds. The molecule has 1 saturated carbocycles. The minimum Gasteiger partial charge on any atom is -0.478 e. The lowest BCUT2D eigenvalue weighted by atomic mass is 9.85. The number of aromatic carboxylic acids is 1. The lowest BCUT2D eigenvalue weighted by Crippen LogP contribution is -2.10. The van der Waals surface area contributed by atoms with Gasteiger partial charge in [-0.15, -0.1) is 11.3 Å². The maximum Gasteiger partial charge on any atom is 0.335 e. The number of thiazole rings is 1. The van der Waals surface area contributed by atoms with Crippen molar-refractivity contribution in [2.24, 2.45) is 5.92 Å². The summed E-state index contributed by atoms with van der Waals surface area (Å²) in [4.78, 5) is 16.5. The number of halogens is 1. The van der Waals surface area contributed by atoms with Crippen LogP contribution in [0.25, 0.3) is 11.1 Å². The maximum absolute atomic E-state index is 11.1. The molecule has 0 aliphatic heterocycles. The fourth-order valence-corrected chi connectivity index (χ4v) is 5.33. The Balaban J connectivity index is 1.40. The Morgan fingerprint density at radius 2 is 1.88 bits per heavy atom. The lowest BCUT2D eigenvalue weighted by molar-refractivity contribution is 0.0307. The van der Waals surface area contributed by atoms with E-state index in [4.69, 9.17) is 21.4 Å². The van der Waals surface area contributed by atoms with Gasteiger partial charge in [0.2, 0.25) is 0 Å². The van der Waals surface area contributed by atoms with Gasteiger partial charge in [0.1, 0.15) is 0 Å². The van der Waals surface area contributed by atoms with Gasteiger partial charge in [-0.05, 0) is 53.6 Å². The van der Waals surface area contributed by atoms with Crippen molar-refractivity contribution >= 4 is 28.9 Å². The summed E-state index contributed by atoms with van der Waals surface area (Å²) in [6.07, 6.45) is 11.0. The zero-order valence-electron chi connectivity index (χ0n) is 18.0. The van der Waals surface area contributed by atoms with E-state index in [2.05, 4.69) is 4.98 Å². The Morgan fingerprint density at radius 3 is 2.53 bits per heavy atom. The van der Waals surface area contributed by atoms with Crippen molar-refractivity contribution in [2.45, 2.75) is 57.7 Å². The van der Waals surface area contributed by atoms with E-state index in [1.54, 1.807) is 35.6 Å². The van der Waals surface area contributed by atoms with Crippen molar-refractivity contribution in [2.75, 3.05) is 0 Å². The Morgan fingerprint density at radius 1 is 1.12 bits per heavy atom. The molecular weight excluding hydrogens is 442 g/mol. The second-order valence-corrected chi connectivity index (χ2v) is 9.80. The topological polar surface area (TPSA) is 59.4 Å². The maximum atomic E-state index is 11.1. The van der Waals surface area contributed by atoms with Crippen molar-refractivity contribution < 1.29 is 14.6 Å². The molecule has 6 heteroatoms. The van der Waals surface area contributed by atoms with Crippen LogP contribution >= 0.6 is 22.9 Å². The molecular formula is C26H28ClNO3S. The summed E-state index contributed by atoms with van der Waals surface area (Å²) in [5, 5.41) is 9.73.